The molecule has 0 fully saturated rings. The maximum Gasteiger partial charge on any atom is 0.291 e. The third-order valence-corrected chi connectivity index (χ3v) is 3.66. The van der Waals surface area contributed by atoms with Crippen LogP contribution in [0, 0.1) is 13.8 Å². The average molecular weight is 346 g/mol. The van der Waals surface area contributed by atoms with Crippen LogP contribution in [0.3, 0.4) is 0 Å². The topological polar surface area (TPSA) is 37.4 Å². The Hall–Kier alpha value is -1.94. The number of rotatable bonds is 4. The van der Waals surface area contributed by atoms with Crippen molar-refractivity contribution in [1.82, 2.24) is 0 Å². The molecule has 1 amide bonds. The lowest BCUT2D eigenvalue weighted by molar-refractivity contribution is -0.129. The number of nitrogens with zero attached hydrogens (tertiary/aromatic N) is 1. The van der Waals surface area contributed by atoms with Crippen LogP contribution in [0.4, 0.5) is 5.69 Å². The van der Waals surface area contributed by atoms with Crippen LogP contribution in [-0.2, 0) is 16.1 Å². The fraction of sp³-hybridized carbons (Fsp3) is 0.176. The summed E-state index contributed by atoms with van der Waals surface area (Å²) in [5.41, 5.74) is 3.98. The quantitative estimate of drug-likeness (QED) is 0.624. The molecule has 0 unspecified atom stereocenters. The number of aryl methyl sites for hydroxylation is 2. The number of aldehydes is 1. The summed E-state index contributed by atoms with van der Waals surface area (Å²) in [6.07, 6.45) is 0.352. The Labute approximate surface area is 132 Å². The minimum atomic E-state index is -0.545. The molecule has 0 heterocycles. The molecule has 0 atom stereocenters. The van der Waals surface area contributed by atoms with E-state index in [0.717, 1.165) is 21.2 Å². The van der Waals surface area contributed by atoms with E-state index in [1.807, 2.05) is 50.2 Å². The molecule has 3 nitrogen and oxygen atoms in total. The Morgan fingerprint density at radius 2 is 1.67 bits per heavy atom. The zero-order valence-corrected chi connectivity index (χ0v) is 13.6. The number of benzene rings is 2. The fourth-order valence-electron chi connectivity index (χ4n) is 2.32. The van der Waals surface area contributed by atoms with Gasteiger partial charge in [0, 0.05) is 10.2 Å². The summed E-state index contributed by atoms with van der Waals surface area (Å²) in [5.74, 6) is -0.545. The predicted octanol–water partition coefficient (Wildman–Crippen LogP) is 3.80. The minimum absolute atomic E-state index is 0.352. The number of anilines is 1. The Kier molecular flexibility index (Phi) is 4.91. The molecule has 0 saturated carbocycles. The van der Waals surface area contributed by atoms with Gasteiger partial charge in [-0.15, -0.1) is 0 Å². The van der Waals surface area contributed by atoms with Crippen LogP contribution >= 0.6 is 15.9 Å². The second kappa shape index (κ2) is 6.68. The SMILES string of the molecule is Cc1cc(C)cc(CN(C(=O)C=O)c2ccc(Br)cc2)c1. The van der Waals surface area contributed by atoms with Crippen LogP contribution in [-0.4, -0.2) is 12.2 Å². The molecule has 0 saturated heterocycles. The summed E-state index contributed by atoms with van der Waals surface area (Å²) in [6.45, 7) is 4.41. The lowest BCUT2D eigenvalue weighted by Gasteiger charge is -2.21. The summed E-state index contributed by atoms with van der Waals surface area (Å²) in [7, 11) is 0. The number of hydrogen-bond acceptors (Lipinski definition) is 2. The largest absolute Gasteiger partial charge is 0.302 e. The van der Waals surface area contributed by atoms with Gasteiger partial charge < -0.3 is 4.90 Å². The number of carbonyl (C=O) groups is 2. The molecule has 4 heteroatoms. The molecule has 2 aromatic carbocycles. The highest BCUT2D eigenvalue weighted by Crippen LogP contribution is 2.21. The molecule has 108 valence electrons. The first kappa shape index (κ1) is 15.4. The number of amides is 1. The Balaban J connectivity index is 2.34. The third kappa shape index (κ3) is 4.02. The van der Waals surface area contributed by atoms with Gasteiger partial charge in [-0.25, -0.2) is 0 Å². The molecule has 0 aliphatic rings. The molecule has 0 N–H and O–H groups in total. The molecule has 21 heavy (non-hydrogen) atoms. The normalized spacial score (nSPS) is 10.2. The molecular formula is C17H16BrNO2. The van der Waals surface area contributed by atoms with Gasteiger partial charge in [-0.05, 0) is 43.7 Å². The summed E-state index contributed by atoms with van der Waals surface area (Å²) in [6, 6.07) is 13.5. The Morgan fingerprint density at radius 3 is 2.19 bits per heavy atom. The summed E-state index contributed by atoms with van der Waals surface area (Å²) < 4.78 is 0.927. The summed E-state index contributed by atoms with van der Waals surface area (Å²) in [5, 5.41) is 0. The zero-order valence-electron chi connectivity index (χ0n) is 12.0. The van der Waals surface area contributed by atoms with Crippen LogP contribution in [0.25, 0.3) is 0 Å². The van der Waals surface area contributed by atoms with Crippen molar-refractivity contribution in [3.8, 4) is 0 Å². The molecule has 2 rings (SSSR count). The van der Waals surface area contributed by atoms with Crippen LogP contribution in [0.15, 0.2) is 46.9 Å². The van der Waals surface area contributed by atoms with Crippen LogP contribution in [0.5, 0.6) is 0 Å². The third-order valence-electron chi connectivity index (χ3n) is 3.13. The van der Waals surface area contributed by atoms with E-state index in [0.29, 0.717) is 18.5 Å². The molecule has 2 aromatic rings. The highest BCUT2D eigenvalue weighted by molar-refractivity contribution is 9.10. The van der Waals surface area contributed by atoms with E-state index in [2.05, 4.69) is 22.0 Å². The van der Waals surface area contributed by atoms with Gasteiger partial charge >= 0.3 is 0 Å². The van der Waals surface area contributed by atoms with Gasteiger partial charge in [-0.3, -0.25) is 9.59 Å². The van der Waals surface area contributed by atoms with Crippen molar-refractivity contribution in [3.63, 3.8) is 0 Å². The molecule has 0 aliphatic carbocycles. The van der Waals surface area contributed by atoms with Crippen molar-refractivity contribution in [2.45, 2.75) is 20.4 Å². The van der Waals surface area contributed by atoms with E-state index in [9.17, 15) is 9.59 Å². The zero-order chi connectivity index (χ0) is 15.4. The first-order valence-electron chi connectivity index (χ1n) is 6.59. The van der Waals surface area contributed by atoms with Gasteiger partial charge in [0.1, 0.15) is 0 Å². The monoisotopic (exact) mass is 345 g/mol. The van der Waals surface area contributed by atoms with E-state index >= 15 is 0 Å². The molecule has 0 aliphatic heterocycles. The van der Waals surface area contributed by atoms with Gasteiger partial charge in [0.2, 0.25) is 6.29 Å². The minimum Gasteiger partial charge on any atom is -0.302 e. The first-order chi connectivity index (χ1) is 9.99. The van der Waals surface area contributed by atoms with Gasteiger partial charge in [0.15, 0.2) is 0 Å². The van der Waals surface area contributed by atoms with Gasteiger partial charge in [-0.2, -0.15) is 0 Å². The average Bonchev–Trinajstić information content (AvgIpc) is 2.44. The van der Waals surface area contributed by atoms with Crippen molar-refractivity contribution < 1.29 is 9.59 Å². The standard InChI is InChI=1S/C17H16BrNO2/c1-12-7-13(2)9-14(8-12)10-19(17(21)11-20)16-5-3-15(18)4-6-16/h3-9,11H,10H2,1-2H3. The molecule has 0 radical (unpaired) electrons. The maximum atomic E-state index is 11.9. The Bertz CT molecular complexity index is 645. The van der Waals surface area contributed by atoms with E-state index in [1.165, 1.54) is 4.90 Å². The fourth-order valence-corrected chi connectivity index (χ4v) is 2.59. The van der Waals surface area contributed by atoms with E-state index in [1.54, 1.807) is 0 Å². The van der Waals surface area contributed by atoms with Gasteiger partial charge in [0.25, 0.3) is 5.91 Å². The molecule has 0 bridgehead atoms. The molecular weight excluding hydrogens is 330 g/mol. The predicted molar refractivity (Wildman–Crippen MR) is 87.3 cm³/mol. The second-order valence-electron chi connectivity index (χ2n) is 5.01. The van der Waals surface area contributed by atoms with E-state index in [4.69, 9.17) is 0 Å². The van der Waals surface area contributed by atoms with Crippen molar-refractivity contribution in [3.05, 3.63) is 63.6 Å². The van der Waals surface area contributed by atoms with Gasteiger partial charge in [-0.1, -0.05) is 45.3 Å². The smallest absolute Gasteiger partial charge is 0.291 e. The van der Waals surface area contributed by atoms with Gasteiger partial charge in [0.05, 0.1) is 6.54 Å². The van der Waals surface area contributed by atoms with E-state index < -0.39 is 5.91 Å². The second-order valence-corrected chi connectivity index (χ2v) is 5.93. The number of hydrogen-bond donors (Lipinski definition) is 0. The lowest BCUT2D eigenvalue weighted by atomic mass is 10.1. The highest BCUT2D eigenvalue weighted by atomic mass is 79.9. The van der Waals surface area contributed by atoms with Crippen LogP contribution in [0.1, 0.15) is 16.7 Å². The lowest BCUT2D eigenvalue weighted by Crippen LogP contribution is -2.31. The van der Waals surface area contributed by atoms with Crippen molar-refractivity contribution >= 4 is 33.8 Å². The molecule has 0 aromatic heterocycles. The Morgan fingerprint density at radius 1 is 1.10 bits per heavy atom. The van der Waals surface area contributed by atoms with Crippen LogP contribution < -0.4 is 4.90 Å². The van der Waals surface area contributed by atoms with E-state index in [-0.39, 0.29) is 0 Å². The maximum absolute atomic E-state index is 11.9. The number of halogens is 1. The first-order valence-corrected chi connectivity index (χ1v) is 7.38. The van der Waals surface area contributed by atoms with Crippen molar-refractivity contribution in [2.75, 3.05) is 4.90 Å². The summed E-state index contributed by atoms with van der Waals surface area (Å²) in [4.78, 5) is 24.3. The summed E-state index contributed by atoms with van der Waals surface area (Å²) >= 11 is 3.36. The van der Waals surface area contributed by atoms with Crippen molar-refractivity contribution in [2.24, 2.45) is 0 Å². The van der Waals surface area contributed by atoms with Crippen molar-refractivity contribution in [1.29, 1.82) is 0 Å². The highest BCUT2D eigenvalue weighted by Gasteiger charge is 2.15. The van der Waals surface area contributed by atoms with Crippen LogP contribution in [0.2, 0.25) is 0 Å². The number of carbonyl (C=O) groups excluding carboxylic acids is 2. The molecule has 0 spiro atoms.